The van der Waals surface area contributed by atoms with Gasteiger partial charge in [-0.05, 0) is 76.9 Å². The largest absolute Gasteiger partial charge is 0.298 e. The Morgan fingerprint density at radius 2 is 1.62 bits per heavy atom. The second kappa shape index (κ2) is 9.81. The van der Waals surface area contributed by atoms with Gasteiger partial charge in [0, 0.05) is 0 Å². The predicted octanol–water partition coefficient (Wildman–Crippen LogP) is 6.66. The van der Waals surface area contributed by atoms with Crippen LogP contribution in [0.2, 0.25) is 0 Å². The molecule has 0 heterocycles. The normalized spacial score (nSPS) is 11.2. The van der Waals surface area contributed by atoms with E-state index in [1.807, 2.05) is 0 Å². The average Bonchev–Trinajstić information content (AvgIpc) is 2.61. The first-order chi connectivity index (χ1) is 12.4. The second-order valence-electron chi connectivity index (χ2n) is 6.94. The molecule has 0 atom stereocenters. The number of benzene rings is 2. The van der Waals surface area contributed by atoms with Crippen LogP contribution in [0.5, 0.6) is 0 Å². The summed E-state index contributed by atoms with van der Waals surface area (Å²) in [5.41, 5.74) is 9.27. The first-order valence-electron chi connectivity index (χ1n) is 9.09. The Morgan fingerprint density at radius 1 is 0.962 bits per heavy atom. The number of hydrogen-bond donors (Lipinski definition) is 1. The Labute approximate surface area is 157 Å². The van der Waals surface area contributed by atoms with Crippen molar-refractivity contribution in [3.8, 4) is 0 Å². The van der Waals surface area contributed by atoms with Crippen molar-refractivity contribution in [3.63, 3.8) is 0 Å². The van der Waals surface area contributed by atoms with Gasteiger partial charge in [-0.15, -0.1) is 0 Å². The van der Waals surface area contributed by atoms with Gasteiger partial charge in [-0.2, -0.15) is 0 Å². The van der Waals surface area contributed by atoms with Crippen molar-refractivity contribution in [2.75, 3.05) is 17.0 Å². The molecule has 2 aromatic rings. The fourth-order valence-electron chi connectivity index (χ4n) is 2.56. The summed E-state index contributed by atoms with van der Waals surface area (Å²) in [6, 6.07) is 14.8. The standard InChI is InChI=1S/C23H29FN2/c1-18(2)6-5-7-19(3)16-17-26(23-14-8-20(4)9-15-23)25-22-12-10-21(24)11-13-22/h6,8-16,25H,5,7,17H2,1-4H3/b19-16+. The summed E-state index contributed by atoms with van der Waals surface area (Å²) >= 11 is 0. The van der Waals surface area contributed by atoms with Crippen LogP contribution in [0.3, 0.4) is 0 Å². The summed E-state index contributed by atoms with van der Waals surface area (Å²) in [6.07, 6.45) is 6.64. The van der Waals surface area contributed by atoms with E-state index in [-0.39, 0.29) is 5.82 Å². The number of aryl methyl sites for hydroxylation is 1. The van der Waals surface area contributed by atoms with E-state index in [1.54, 1.807) is 12.1 Å². The number of nitrogens with one attached hydrogen (secondary N) is 1. The zero-order valence-corrected chi connectivity index (χ0v) is 16.2. The Kier molecular flexibility index (Phi) is 7.46. The zero-order valence-electron chi connectivity index (χ0n) is 16.2. The SMILES string of the molecule is CC(C)=CCC/C(C)=C/CN(Nc1ccc(F)cc1)c1ccc(C)cc1. The van der Waals surface area contributed by atoms with E-state index in [4.69, 9.17) is 0 Å². The molecule has 2 aromatic carbocycles. The van der Waals surface area contributed by atoms with Crippen LogP contribution in [0, 0.1) is 12.7 Å². The van der Waals surface area contributed by atoms with Gasteiger partial charge in [-0.1, -0.05) is 41.0 Å². The van der Waals surface area contributed by atoms with Crippen LogP contribution in [0.4, 0.5) is 15.8 Å². The highest BCUT2D eigenvalue weighted by atomic mass is 19.1. The topological polar surface area (TPSA) is 15.3 Å². The molecule has 0 saturated heterocycles. The molecule has 26 heavy (non-hydrogen) atoms. The molecule has 0 aliphatic carbocycles. The second-order valence-corrected chi connectivity index (χ2v) is 6.94. The fraction of sp³-hybridized carbons (Fsp3) is 0.304. The van der Waals surface area contributed by atoms with Gasteiger partial charge in [0.25, 0.3) is 0 Å². The number of allylic oxidation sites excluding steroid dienone is 3. The highest BCUT2D eigenvalue weighted by Gasteiger charge is 2.06. The van der Waals surface area contributed by atoms with Gasteiger partial charge in [0.05, 0.1) is 17.9 Å². The maximum absolute atomic E-state index is 13.2. The van der Waals surface area contributed by atoms with Gasteiger partial charge in [-0.3, -0.25) is 10.4 Å². The van der Waals surface area contributed by atoms with Crippen molar-refractivity contribution in [1.29, 1.82) is 0 Å². The van der Waals surface area contributed by atoms with E-state index in [0.717, 1.165) is 30.8 Å². The lowest BCUT2D eigenvalue weighted by molar-refractivity contribution is 0.628. The van der Waals surface area contributed by atoms with Crippen LogP contribution in [0.25, 0.3) is 0 Å². The molecular weight excluding hydrogens is 323 g/mol. The first kappa shape index (κ1) is 19.8. The minimum atomic E-state index is -0.229. The van der Waals surface area contributed by atoms with Crippen molar-refractivity contribution in [3.05, 3.63) is 83.2 Å². The molecule has 1 N–H and O–H groups in total. The van der Waals surface area contributed by atoms with Gasteiger partial charge in [0.15, 0.2) is 0 Å². The molecule has 0 bridgehead atoms. The maximum atomic E-state index is 13.2. The van der Waals surface area contributed by atoms with Crippen molar-refractivity contribution in [2.24, 2.45) is 0 Å². The monoisotopic (exact) mass is 352 g/mol. The van der Waals surface area contributed by atoms with Gasteiger partial charge in [0.1, 0.15) is 5.82 Å². The summed E-state index contributed by atoms with van der Waals surface area (Å²) in [4.78, 5) is 0. The van der Waals surface area contributed by atoms with Crippen molar-refractivity contribution in [1.82, 2.24) is 0 Å². The molecule has 0 aliphatic heterocycles. The van der Waals surface area contributed by atoms with Crippen LogP contribution < -0.4 is 10.4 Å². The summed E-state index contributed by atoms with van der Waals surface area (Å²) in [5.74, 6) is -0.229. The number of halogens is 1. The van der Waals surface area contributed by atoms with Crippen molar-refractivity contribution in [2.45, 2.75) is 40.5 Å². The van der Waals surface area contributed by atoms with Gasteiger partial charge in [0.2, 0.25) is 0 Å². The lowest BCUT2D eigenvalue weighted by Gasteiger charge is -2.26. The Morgan fingerprint density at radius 3 is 2.23 bits per heavy atom. The minimum absolute atomic E-state index is 0.229. The molecule has 0 saturated carbocycles. The highest BCUT2D eigenvalue weighted by Crippen LogP contribution is 2.18. The maximum Gasteiger partial charge on any atom is 0.123 e. The van der Waals surface area contributed by atoms with E-state index >= 15 is 0 Å². The van der Waals surface area contributed by atoms with Crippen molar-refractivity contribution >= 4 is 11.4 Å². The van der Waals surface area contributed by atoms with Crippen LogP contribution in [-0.4, -0.2) is 6.54 Å². The van der Waals surface area contributed by atoms with Crippen molar-refractivity contribution < 1.29 is 4.39 Å². The third-order valence-electron chi connectivity index (χ3n) is 4.17. The molecule has 2 rings (SSSR count). The van der Waals surface area contributed by atoms with Crippen LogP contribution in [0.1, 0.15) is 39.2 Å². The minimum Gasteiger partial charge on any atom is -0.298 e. The van der Waals surface area contributed by atoms with Gasteiger partial charge < -0.3 is 0 Å². The smallest absolute Gasteiger partial charge is 0.123 e. The zero-order chi connectivity index (χ0) is 18.9. The molecule has 0 aromatic heterocycles. The lowest BCUT2D eigenvalue weighted by atomic mass is 10.1. The molecular formula is C23H29FN2. The summed E-state index contributed by atoms with van der Waals surface area (Å²) < 4.78 is 13.2. The predicted molar refractivity (Wildman–Crippen MR) is 111 cm³/mol. The number of hydrogen-bond acceptors (Lipinski definition) is 2. The number of nitrogens with zero attached hydrogens (tertiary/aromatic N) is 1. The number of hydrazine groups is 1. The van der Waals surface area contributed by atoms with Crippen LogP contribution in [0.15, 0.2) is 71.8 Å². The molecule has 2 nitrogen and oxygen atoms in total. The van der Waals surface area contributed by atoms with E-state index in [1.165, 1.54) is 28.8 Å². The van der Waals surface area contributed by atoms with Crippen LogP contribution in [-0.2, 0) is 0 Å². The van der Waals surface area contributed by atoms with Gasteiger partial charge in [-0.25, -0.2) is 4.39 Å². The van der Waals surface area contributed by atoms with E-state index in [0.29, 0.717) is 0 Å². The Balaban J connectivity index is 2.10. The van der Waals surface area contributed by atoms with E-state index in [9.17, 15) is 4.39 Å². The summed E-state index contributed by atoms with van der Waals surface area (Å²) in [6.45, 7) is 9.25. The van der Waals surface area contributed by atoms with Crippen LogP contribution >= 0.6 is 0 Å². The number of anilines is 2. The first-order valence-corrected chi connectivity index (χ1v) is 9.09. The lowest BCUT2D eigenvalue weighted by Crippen LogP contribution is -2.30. The molecule has 3 heteroatoms. The molecule has 0 aliphatic rings. The molecule has 0 radical (unpaired) electrons. The summed E-state index contributed by atoms with van der Waals surface area (Å²) in [5, 5.41) is 2.08. The Bertz CT molecular complexity index is 739. The summed E-state index contributed by atoms with van der Waals surface area (Å²) in [7, 11) is 0. The van der Waals surface area contributed by atoms with Gasteiger partial charge >= 0.3 is 0 Å². The molecule has 0 amide bonds. The average molecular weight is 352 g/mol. The molecule has 0 fully saturated rings. The highest BCUT2D eigenvalue weighted by molar-refractivity contribution is 5.56. The fourth-order valence-corrected chi connectivity index (χ4v) is 2.56. The quantitative estimate of drug-likeness (QED) is 0.422. The van der Waals surface area contributed by atoms with E-state index < -0.39 is 0 Å². The molecule has 0 unspecified atom stereocenters. The third kappa shape index (κ3) is 6.75. The molecule has 0 spiro atoms. The third-order valence-corrected chi connectivity index (χ3v) is 4.17. The van der Waals surface area contributed by atoms with E-state index in [2.05, 4.69) is 74.5 Å². The Hall–Kier alpha value is -2.55. The molecule has 138 valence electrons. The number of rotatable bonds is 8.